The maximum absolute atomic E-state index is 8.56. The Balaban J connectivity index is 3.74. The number of aliphatic hydroxyl groups excluding tert-OH is 1. The van der Waals surface area contributed by atoms with Crippen LogP contribution in [0.15, 0.2) is 24.0 Å². The molecule has 0 saturated heterocycles. The molecule has 44 valence electrons. The second-order valence-corrected chi connectivity index (χ2v) is 1.26. The van der Waals surface area contributed by atoms with Gasteiger partial charge in [-0.25, -0.2) is 0 Å². The van der Waals surface area contributed by atoms with Crippen LogP contribution in [0.5, 0.6) is 0 Å². The predicted octanol–water partition coefficient (Wildman–Crippen LogP) is 1.65. The van der Waals surface area contributed by atoms with Crippen molar-refractivity contribution >= 4 is 6.21 Å². The first-order chi connectivity index (χ1) is 3.81. The van der Waals surface area contributed by atoms with Crippen molar-refractivity contribution in [3.05, 3.63) is 24.0 Å². The molecule has 8 heavy (non-hydrogen) atoms. The van der Waals surface area contributed by atoms with E-state index in [0.29, 0.717) is 0 Å². The van der Waals surface area contributed by atoms with Crippen LogP contribution in [0.25, 0.3) is 0 Å². The molecule has 0 radical (unpaired) electrons. The molecule has 0 aromatic heterocycles. The Labute approximate surface area is 48.7 Å². The summed E-state index contributed by atoms with van der Waals surface area (Å²) in [7, 11) is 0. The molecular formula is C6H9NO. The van der Waals surface area contributed by atoms with E-state index in [0.717, 1.165) is 6.21 Å². The molecule has 0 amide bonds. The van der Waals surface area contributed by atoms with Crippen molar-refractivity contribution in [3.63, 3.8) is 0 Å². The van der Waals surface area contributed by atoms with Gasteiger partial charge >= 0.3 is 0 Å². The SMILES string of the molecule is C/C=C/C=C(/O)C=N. The number of allylic oxidation sites excluding steroid dienone is 4. The molecule has 0 atom stereocenters. The van der Waals surface area contributed by atoms with Crippen LogP contribution in [0.2, 0.25) is 0 Å². The second kappa shape index (κ2) is 4.12. The predicted molar refractivity (Wildman–Crippen MR) is 34.3 cm³/mol. The molecule has 0 heterocycles. The highest BCUT2D eigenvalue weighted by Crippen LogP contribution is 1.81. The van der Waals surface area contributed by atoms with Crippen molar-refractivity contribution in [2.75, 3.05) is 0 Å². The summed E-state index contributed by atoms with van der Waals surface area (Å²) in [6.07, 6.45) is 5.78. The van der Waals surface area contributed by atoms with Crippen LogP contribution in [0.4, 0.5) is 0 Å². The van der Waals surface area contributed by atoms with Crippen LogP contribution in [-0.4, -0.2) is 11.3 Å². The van der Waals surface area contributed by atoms with Gasteiger partial charge in [-0.3, -0.25) is 0 Å². The topological polar surface area (TPSA) is 44.1 Å². The minimum absolute atomic E-state index is 0.0249. The van der Waals surface area contributed by atoms with E-state index in [9.17, 15) is 0 Å². The summed E-state index contributed by atoms with van der Waals surface area (Å²) in [4.78, 5) is 0. The van der Waals surface area contributed by atoms with E-state index in [1.807, 2.05) is 6.92 Å². The highest BCUT2D eigenvalue weighted by molar-refractivity contribution is 5.72. The van der Waals surface area contributed by atoms with Crippen LogP contribution >= 0.6 is 0 Å². The van der Waals surface area contributed by atoms with Crippen LogP contribution in [0.1, 0.15) is 6.92 Å². The Kier molecular flexibility index (Phi) is 3.58. The lowest BCUT2D eigenvalue weighted by Crippen LogP contribution is -1.75. The van der Waals surface area contributed by atoms with Gasteiger partial charge in [-0.15, -0.1) is 0 Å². The van der Waals surface area contributed by atoms with Gasteiger partial charge in [-0.05, 0) is 13.0 Å². The standard InChI is InChI=1S/C6H9NO/c1-2-3-4-6(8)5-7/h2-5,7-8H,1H3/b3-2+,6-4+,7-5?. The highest BCUT2D eigenvalue weighted by atomic mass is 16.3. The minimum atomic E-state index is -0.0249. The average Bonchev–Trinajstić information content (AvgIpc) is 1.83. The summed E-state index contributed by atoms with van der Waals surface area (Å²) in [6.45, 7) is 1.84. The van der Waals surface area contributed by atoms with Gasteiger partial charge in [0.25, 0.3) is 0 Å². The quantitative estimate of drug-likeness (QED) is 0.317. The van der Waals surface area contributed by atoms with Gasteiger partial charge in [0.15, 0.2) is 0 Å². The molecule has 0 spiro atoms. The summed E-state index contributed by atoms with van der Waals surface area (Å²) in [5.41, 5.74) is 0. The molecule has 0 saturated carbocycles. The molecule has 2 nitrogen and oxygen atoms in total. The zero-order valence-electron chi connectivity index (χ0n) is 4.76. The van der Waals surface area contributed by atoms with Crippen molar-refractivity contribution in [1.29, 1.82) is 5.41 Å². The van der Waals surface area contributed by atoms with E-state index >= 15 is 0 Å². The third-order valence-electron chi connectivity index (χ3n) is 0.607. The van der Waals surface area contributed by atoms with E-state index in [2.05, 4.69) is 0 Å². The van der Waals surface area contributed by atoms with Crippen LogP contribution in [-0.2, 0) is 0 Å². The maximum Gasteiger partial charge on any atom is 0.133 e. The number of rotatable bonds is 2. The van der Waals surface area contributed by atoms with Crippen molar-refractivity contribution in [1.82, 2.24) is 0 Å². The minimum Gasteiger partial charge on any atom is -0.506 e. The third kappa shape index (κ3) is 3.15. The van der Waals surface area contributed by atoms with Gasteiger partial charge in [0.05, 0.1) is 6.21 Å². The van der Waals surface area contributed by atoms with Crippen molar-refractivity contribution in [3.8, 4) is 0 Å². The van der Waals surface area contributed by atoms with Gasteiger partial charge < -0.3 is 10.5 Å². The molecule has 0 unspecified atom stereocenters. The number of hydrogen-bond acceptors (Lipinski definition) is 2. The number of nitrogens with one attached hydrogen (secondary N) is 1. The van der Waals surface area contributed by atoms with Crippen molar-refractivity contribution in [2.45, 2.75) is 6.92 Å². The van der Waals surface area contributed by atoms with E-state index in [4.69, 9.17) is 10.5 Å². The Morgan fingerprint density at radius 1 is 1.62 bits per heavy atom. The fraction of sp³-hybridized carbons (Fsp3) is 0.167. The third-order valence-corrected chi connectivity index (χ3v) is 0.607. The normalized spacial score (nSPS) is 12.4. The lowest BCUT2D eigenvalue weighted by molar-refractivity contribution is 0.446. The maximum atomic E-state index is 8.56. The Morgan fingerprint density at radius 2 is 2.25 bits per heavy atom. The Hall–Kier alpha value is -1.05. The number of aliphatic hydroxyl groups is 1. The smallest absolute Gasteiger partial charge is 0.133 e. The van der Waals surface area contributed by atoms with E-state index in [1.165, 1.54) is 6.08 Å². The Morgan fingerprint density at radius 3 is 2.62 bits per heavy atom. The summed E-state index contributed by atoms with van der Waals surface area (Å²) in [5.74, 6) is -0.0249. The Bertz CT molecular complexity index is 124. The van der Waals surface area contributed by atoms with Gasteiger partial charge in [-0.1, -0.05) is 12.2 Å². The molecular weight excluding hydrogens is 102 g/mol. The first-order valence-corrected chi connectivity index (χ1v) is 2.33. The number of hydrogen-bond donors (Lipinski definition) is 2. The molecule has 0 aromatic rings. The van der Waals surface area contributed by atoms with Crippen molar-refractivity contribution < 1.29 is 5.11 Å². The van der Waals surface area contributed by atoms with Gasteiger partial charge in [0.2, 0.25) is 0 Å². The molecule has 2 N–H and O–H groups in total. The summed E-state index contributed by atoms with van der Waals surface area (Å²) in [6, 6.07) is 0. The first kappa shape index (κ1) is 6.95. The van der Waals surface area contributed by atoms with Gasteiger partial charge in [-0.2, -0.15) is 0 Å². The molecule has 0 aliphatic rings. The largest absolute Gasteiger partial charge is 0.506 e. The summed E-state index contributed by atoms with van der Waals surface area (Å²) in [5, 5.41) is 15.1. The van der Waals surface area contributed by atoms with Crippen LogP contribution < -0.4 is 0 Å². The van der Waals surface area contributed by atoms with E-state index in [-0.39, 0.29) is 5.76 Å². The fourth-order valence-electron chi connectivity index (χ4n) is 0.243. The average molecular weight is 111 g/mol. The van der Waals surface area contributed by atoms with Crippen LogP contribution in [0.3, 0.4) is 0 Å². The first-order valence-electron chi connectivity index (χ1n) is 2.33. The lowest BCUT2D eigenvalue weighted by Gasteiger charge is -1.80. The molecule has 0 bridgehead atoms. The summed E-state index contributed by atoms with van der Waals surface area (Å²) >= 11 is 0. The molecule has 0 fully saturated rings. The summed E-state index contributed by atoms with van der Waals surface area (Å²) < 4.78 is 0. The van der Waals surface area contributed by atoms with Crippen LogP contribution in [0, 0.1) is 5.41 Å². The second-order valence-electron chi connectivity index (χ2n) is 1.26. The molecule has 2 heteroatoms. The zero-order valence-corrected chi connectivity index (χ0v) is 4.76. The van der Waals surface area contributed by atoms with Gasteiger partial charge in [0.1, 0.15) is 5.76 Å². The van der Waals surface area contributed by atoms with E-state index in [1.54, 1.807) is 12.2 Å². The molecule has 0 rings (SSSR count). The zero-order chi connectivity index (χ0) is 6.41. The van der Waals surface area contributed by atoms with E-state index < -0.39 is 0 Å². The van der Waals surface area contributed by atoms with Crippen molar-refractivity contribution in [2.24, 2.45) is 0 Å². The lowest BCUT2D eigenvalue weighted by atomic mass is 10.4. The molecule has 0 aromatic carbocycles. The monoisotopic (exact) mass is 111 g/mol. The molecule has 0 aliphatic carbocycles. The highest BCUT2D eigenvalue weighted by Gasteiger charge is 1.75. The van der Waals surface area contributed by atoms with Gasteiger partial charge in [0, 0.05) is 0 Å². The molecule has 0 aliphatic heterocycles. The fourth-order valence-corrected chi connectivity index (χ4v) is 0.243.